The van der Waals surface area contributed by atoms with Gasteiger partial charge in [-0.25, -0.2) is 0 Å². The second-order valence-corrected chi connectivity index (χ2v) is 18.2. The first kappa shape index (κ1) is 28.3. The van der Waals surface area contributed by atoms with Gasteiger partial charge in [-0.1, -0.05) is 102 Å². The summed E-state index contributed by atoms with van der Waals surface area (Å²) in [4.78, 5) is 9.02. The third-order valence-corrected chi connectivity index (χ3v) is 9.09. The Kier molecular flexibility index (Phi) is 9.79. The molecule has 0 saturated heterocycles. The number of hydrogen-bond donors (Lipinski definition) is 0. The van der Waals surface area contributed by atoms with Crippen LogP contribution in [0.25, 0.3) is 33.6 Å². The minimum atomic E-state index is -2.20. The Hall–Kier alpha value is -3.17. The molecular weight excluding hydrogens is 729 g/mol. The Morgan fingerprint density at radius 3 is 2.09 bits per heavy atom. The van der Waals surface area contributed by atoms with Crippen molar-refractivity contribution in [3.8, 4) is 33.6 Å². The molecule has 0 aliphatic heterocycles. The van der Waals surface area contributed by atoms with E-state index in [2.05, 4.69) is 69.7 Å². The Balaban J connectivity index is 0.000000263. The minimum absolute atomic E-state index is 0. The summed E-state index contributed by atoms with van der Waals surface area (Å²) in [6.07, 6.45) is 1.98. The van der Waals surface area contributed by atoms with Crippen LogP contribution in [0, 0.1) is 24.9 Å². The first-order valence-corrected chi connectivity index (χ1v) is 18.4. The Morgan fingerprint density at radius 1 is 0.818 bits per heavy atom. The Morgan fingerprint density at radius 2 is 1.48 bits per heavy atom. The zero-order valence-corrected chi connectivity index (χ0v) is 30.4. The monoisotopic (exact) mass is 780 g/mol. The zero-order valence-electron chi connectivity index (χ0n) is 32.0. The molecule has 0 spiro atoms. The van der Waals surface area contributed by atoms with E-state index in [0.29, 0.717) is 11.3 Å². The third kappa shape index (κ3) is 9.41. The van der Waals surface area contributed by atoms with Crippen molar-refractivity contribution in [2.24, 2.45) is 5.92 Å². The summed E-state index contributed by atoms with van der Waals surface area (Å²) < 4.78 is 40.6. The van der Waals surface area contributed by atoms with E-state index >= 15 is 0 Å². The fourth-order valence-electron chi connectivity index (χ4n) is 4.72. The number of benzene rings is 3. The quantitative estimate of drug-likeness (QED) is 0.127. The van der Waals surface area contributed by atoms with E-state index in [0.717, 1.165) is 33.1 Å². The molecule has 4 heteroatoms. The summed E-state index contributed by atoms with van der Waals surface area (Å²) in [5.41, 5.74) is 7.19. The maximum atomic E-state index is 8.69. The van der Waals surface area contributed by atoms with Crippen molar-refractivity contribution in [3.05, 3.63) is 126 Å². The Bertz CT molecular complexity index is 1830. The van der Waals surface area contributed by atoms with Gasteiger partial charge in [-0.3, -0.25) is 0 Å². The molecule has 1 radical (unpaired) electrons. The van der Waals surface area contributed by atoms with Crippen LogP contribution >= 0.6 is 0 Å². The molecule has 5 rings (SSSR count). The zero-order chi connectivity index (χ0) is 35.5. The topological polar surface area (TPSA) is 25.8 Å². The van der Waals surface area contributed by atoms with Crippen LogP contribution in [-0.2, 0) is 31.9 Å². The number of aryl methyl sites for hydroxylation is 1. The molecule has 0 saturated carbocycles. The van der Waals surface area contributed by atoms with E-state index in [1.165, 1.54) is 11.8 Å². The summed E-state index contributed by atoms with van der Waals surface area (Å²) in [5, 5.41) is 1.10. The summed E-state index contributed by atoms with van der Waals surface area (Å²) >= 11 is 0. The average molecular weight is 780 g/mol. The van der Waals surface area contributed by atoms with Crippen molar-refractivity contribution in [2.75, 3.05) is 0 Å². The van der Waals surface area contributed by atoms with E-state index in [1.807, 2.05) is 92.8 Å². The van der Waals surface area contributed by atoms with E-state index in [1.54, 1.807) is 0 Å². The van der Waals surface area contributed by atoms with Gasteiger partial charge in [0.05, 0.1) is 8.07 Å². The van der Waals surface area contributed by atoms with Gasteiger partial charge in [-0.2, -0.15) is 0 Å². The summed E-state index contributed by atoms with van der Waals surface area (Å²) in [7, 11) is -1.71. The number of hydrogen-bond acceptors (Lipinski definition) is 2. The van der Waals surface area contributed by atoms with Crippen molar-refractivity contribution in [1.82, 2.24) is 9.97 Å². The minimum Gasteiger partial charge on any atom is -0.305 e. The van der Waals surface area contributed by atoms with Gasteiger partial charge in [-0.15, -0.1) is 71.3 Å². The van der Waals surface area contributed by atoms with Gasteiger partial charge < -0.3 is 9.97 Å². The van der Waals surface area contributed by atoms with Crippen LogP contribution < -0.4 is 5.19 Å². The van der Waals surface area contributed by atoms with E-state index in [4.69, 9.17) is 11.8 Å². The van der Waals surface area contributed by atoms with Crippen LogP contribution in [-0.4, -0.2) is 18.0 Å². The van der Waals surface area contributed by atoms with Crippen LogP contribution in [0.2, 0.25) is 19.6 Å². The molecule has 0 N–H and O–H groups in total. The van der Waals surface area contributed by atoms with Crippen LogP contribution in [0.15, 0.2) is 97.3 Å². The van der Waals surface area contributed by atoms with Crippen molar-refractivity contribution in [2.45, 2.75) is 72.9 Å². The number of rotatable bonds is 6. The first-order valence-electron chi connectivity index (χ1n) is 17.4. The van der Waals surface area contributed by atoms with E-state index in [-0.39, 0.29) is 37.0 Å². The van der Waals surface area contributed by atoms with Crippen molar-refractivity contribution in [3.63, 3.8) is 0 Å². The van der Waals surface area contributed by atoms with Crippen molar-refractivity contribution >= 4 is 13.3 Å². The molecule has 0 aliphatic carbocycles. The van der Waals surface area contributed by atoms with Crippen LogP contribution in [0.3, 0.4) is 0 Å². The number of nitrogens with zero attached hydrogens (tertiary/aromatic N) is 2. The van der Waals surface area contributed by atoms with Gasteiger partial charge in [0.15, 0.2) is 0 Å². The molecule has 0 fully saturated rings. The number of pyridine rings is 2. The van der Waals surface area contributed by atoms with Crippen LogP contribution in [0.1, 0.15) is 58.2 Å². The van der Waals surface area contributed by atoms with Gasteiger partial charge in [-0.05, 0) is 57.8 Å². The van der Waals surface area contributed by atoms with Gasteiger partial charge in [0.25, 0.3) is 0 Å². The van der Waals surface area contributed by atoms with Gasteiger partial charge in [0.2, 0.25) is 0 Å². The van der Waals surface area contributed by atoms with Crippen molar-refractivity contribution in [1.29, 1.82) is 0 Å². The number of aromatic nitrogens is 2. The fourth-order valence-corrected chi connectivity index (χ4v) is 6.13. The molecule has 0 bridgehead atoms. The van der Waals surface area contributed by atoms with Gasteiger partial charge in [0.1, 0.15) is 0 Å². The maximum Gasteiger partial charge on any atom is 0.0798 e. The molecule has 0 amide bonds. The third-order valence-electron chi connectivity index (χ3n) is 7.07. The molecule has 2 aromatic heterocycles. The average Bonchev–Trinajstić information content (AvgIpc) is 3.04. The molecule has 5 aromatic rings. The van der Waals surface area contributed by atoms with Crippen molar-refractivity contribution < 1.29 is 27.0 Å². The largest absolute Gasteiger partial charge is 0.305 e. The normalized spacial score (nSPS) is 13.7. The second kappa shape index (κ2) is 15.2. The molecule has 44 heavy (non-hydrogen) atoms. The molecule has 231 valence electrons. The van der Waals surface area contributed by atoms with E-state index < -0.39 is 21.3 Å². The molecule has 3 aromatic carbocycles. The SMILES string of the molecule is [2H]C([2H])([2H])c1cnc(-c2[c-]cccc2)cc1-c1ccccc1.[2H]C([2H])(c1cc(-c2[c-]ccc(C(C)(C)C)c2)ncc1[Si](C)(C)C)C(C)C.[Ir]. The van der Waals surface area contributed by atoms with Gasteiger partial charge >= 0.3 is 0 Å². The van der Waals surface area contributed by atoms with Crippen LogP contribution in [0.5, 0.6) is 0 Å². The fraction of sp³-hybridized carbons (Fsp3) is 0.300. The van der Waals surface area contributed by atoms with E-state index in [9.17, 15) is 0 Å². The summed E-state index contributed by atoms with van der Waals surface area (Å²) in [6, 6.07) is 33.4. The molecule has 2 heterocycles. The standard InChI is InChI=1S/C22H32NSi.C18H14N.Ir/c1-16(2)12-18-14-20(23-15-21(18)24(6,7)8)17-10-9-11-19(13-17)22(3,4)5;1-14-13-19-18(16-10-6-3-7-11-16)12-17(14)15-8-4-2-5-9-15;/h9,11,13-16H,12H2,1-8H3;2-10,12-13H,1H3;/q2*-1;/i12D2;1D3;. The second-order valence-electron chi connectivity index (χ2n) is 13.2. The predicted octanol–water partition coefficient (Wildman–Crippen LogP) is 10.1. The molecule has 0 aliphatic rings. The maximum absolute atomic E-state index is 8.69. The predicted molar refractivity (Wildman–Crippen MR) is 187 cm³/mol. The summed E-state index contributed by atoms with van der Waals surface area (Å²) in [5.74, 6) is -0.0993. The molecular formula is C40H46IrN2Si-2. The smallest absolute Gasteiger partial charge is 0.0798 e. The Labute approximate surface area is 287 Å². The van der Waals surface area contributed by atoms with Gasteiger partial charge in [0, 0.05) is 39.4 Å². The van der Waals surface area contributed by atoms with Crippen LogP contribution in [0.4, 0.5) is 0 Å². The molecule has 0 unspecified atom stereocenters. The molecule has 0 atom stereocenters. The molecule has 2 nitrogen and oxygen atoms in total. The first-order chi connectivity index (χ1) is 22.3. The summed E-state index contributed by atoms with van der Waals surface area (Å²) in [6.45, 7) is 15.0.